The monoisotopic (exact) mass is 234 g/mol. The van der Waals surface area contributed by atoms with E-state index >= 15 is 0 Å². The van der Waals surface area contributed by atoms with Crippen molar-refractivity contribution in [3.8, 4) is 0 Å². The largest absolute Gasteiger partial charge is 0.388 e. The Bertz CT molecular complexity index is 522. The van der Waals surface area contributed by atoms with Crippen molar-refractivity contribution in [2.24, 2.45) is 7.05 Å². The van der Waals surface area contributed by atoms with E-state index in [9.17, 15) is 9.50 Å². The van der Waals surface area contributed by atoms with Crippen LogP contribution in [0.25, 0.3) is 0 Å². The van der Waals surface area contributed by atoms with Crippen LogP contribution in [0.3, 0.4) is 0 Å². The maximum atomic E-state index is 13.8. The third-order valence-electron chi connectivity index (χ3n) is 2.77. The minimum atomic E-state index is -0.834. The van der Waals surface area contributed by atoms with Gasteiger partial charge in [-0.15, -0.1) is 0 Å². The van der Waals surface area contributed by atoms with Crippen molar-refractivity contribution in [1.29, 1.82) is 0 Å². The summed E-state index contributed by atoms with van der Waals surface area (Å²) in [5.41, 5.74) is 1.78. The Balaban J connectivity index is 2.20. The number of rotatable bonds is 3. The highest BCUT2D eigenvalue weighted by atomic mass is 19.1. The van der Waals surface area contributed by atoms with Gasteiger partial charge < -0.3 is 5.11 Å². The van der Waals surface area contributed by atoms with Gasteiger partial charge in [-0.3, -0.25) is 4.68 Å². The van der Waals surface area contributed by atoms with Gasteiger partial charge in [-0.05, 0) is 18.1 Å². The van der Waals surface area contributed by atoms with Crippen LogP contribution in [0.4, 0.5) is 4.39 Å². The molecule has 0 aliphatic carbocycles. The Kier molecular flexibility index (Phi) is 3.24. The lowest BCUT2D eigenvalue weighted by atomic mass is 10.0. The number of halogens is 1. The number of aromatic nitrogens is 2. The van der Waals surface area contributed by atoms with Crippen molar-refractivity contribution in [2.75, 3.05) is 0 Å². The molecule has 0 radical (unpaired) electrons. The fourth-order valence-electron chi connectivity index (χ4n) is 1.84. The van der Waals surface area contributed by atoms with Crippen molar-refractivity contribution in [3.63, 3.8) is 0 Å². The SMILES string of the molecule is Cc1cccc(C(O)Cc2cnn(C)c2)c1F. The van der Waals surface area contributed by atoms with Crippen molar-refractivity contribution < 1.29 is 9.50 Å². The zero-order chi connectivity index (χ0) is 12.4. The molecule has 1 unspecified atom stereocenters. The van der Waals surface area contributed by atoms with E-state index in [0.29, 0.717) is 17.5 Å². The van der Waals surface area contributed by atoms with Gasteiger partial charge in [-0.1, -0.05) is 18.2 Å². The number of nitrogens with zero attached hydrogens (tertiary/aromatic N) is 2. The Morgan fingerprint density at radius 3 is 2.88 bits per heavy atom. The molecule has 3 nitrogen and oxygen atoms in total. The molecule has 0 bridgehead atoms. The van der Waals surface area contributed by atoms with E-state index in [4.69, 9.17) is 0 Å². The molecule has 2 aromatic rings. The molecular weight excluding hydrogens is 219 g/mol. The Morgan fingerprint density at radius 2 is 2.24 bits per heavy atom. The summed E-state index contributed by atoms with van der Waals surface area (Å²) in [5, 5.41) is 14.0. The summed E-state index contributed by atoms with van der Waals surface area (Å²) in [6, 6.07) is 5.05. The van der Waals surface area contributed by atoms with Crippen LogP contribution in [-0.2, 0) is 13.5 Å². The molecule has 1 heterocycles. The van der Waals surface area contributed by atoms with Crippen LogP contribution in [-0.4, -0.2) is 14.9 Å². The minimum absolute atomic E-state index is 0.330. The highest BCUT2D eigenvalue weighted by Gasteiger charge is 2.15. The van der Waals surface area contributed by atoms with Gasteiger partial charge in [0.15, 0.2) is 0 Å². The first-order valence-electron chi connectivity index (χ1n) is 5.48. The first-order valence-corrected chi connectivity index (χ1v) is 5.48. The molecule has 0 saturated carbocycles. The van der Waals surface area contributed by atoms with Crippen molar-refractivity contribution in [3.05, 3.63) is 53.1 Å². The fourth-order valence-corrected chi connectivity index (χ4v) is 1.84. The summed E-state index contributed by atoms with van der Waals surface area (Å²) in [7, 11) is 1.81. The van der Waals surface area contributed by atoms with E-state index in [0.717, 1.165) is 5.56 Å². The first-order chi connectivity index (χ1) is 8.08. The third-order valence-corrected chi connectivity index (χ3v) is 2.77. The summed E-state index contributed by atoms with van der Waals surface area (Å²) >= 11 is 0. The minimum Gasteiger partial charge on any atom is -0.388 e. The van der Waals surface area contributed by atoms with E-state index < -0.39 is 6.10 Å². The summed E-state index contributed by atoms with van der Waals surface area (Å²) in [6.07, 6.45) is 3.03. The molecule has 0 amide bonds. The zero-order valence-corrected chi connectivity index (χ0v) is 9.89. The van der Waals surface area contributed by atoms with Crippen LogP contribution in [0, 0.1) is 12.7 Å². The number of hydrogen-bond acceptors (Lipinski definition) is 2. The fraction of sp³-hybridized carbons (Fsp3) is 0.308. The van der Waals surface area contributed by atoms with Crippen LogP contribution in [0.2, 0.25) is 0 Å². The number of benzene rings is 1. The molecule has 0 aliphatic heterocycles. The second-order valence-electron chi connectivity index (χ2n) is 4.22. The molecule has 0 aliphatic rings. The summed E-state index contributed by atoms with van der Waals surface area (Å²) in [6.45, 7) is 1.69. The third kappa shape index (κ3) is 2.53. The number of aliphatic hydroxyl groups is 1. The normalized spacial score (nSPS) is 12.7. The molecule has 0 fully saturated rings. The molecule has 1 N–H and O–H groups in total. The molecule has 1 aromatic carbocycles. The van der Waals surface area contributed by atoms with Crippen LogP contribution < -0.4 is 0 Å². The van der Waals surface area contributed by atoms with Gasteiger partial charge in [0, 0.05) is 25.2 Å². The summed E-state index contributed by atoms with van der Waals surface area (Å²) < 4.78 is 15.4. The smallest absolute Gasteiger partial charge is 0.131 e. The van der Waals surface area contributed by atoms with E-state index in [-0.39, 0.29) is 5.82 Å². The van der Waals surface area contributed by atoms with Crippen molar-refractivity contribution >= 4 is 0 Å². The van der Waals surface area contributed by atoms with Gasteiger partial charge in [0.2, 0.25) is 0 Å². The molecular formula is C13H15FN2O. The molecule has 1 atom stereocenters. The Labute approximate surface area is 99.5 Å². The van der Waals surface area contributed by atoms with Gasteiger partial charge in [0.1, 0.15) is 5.82 Å². The number of aliphatic hydroxyl groups excluding tert-OH is 1. The predicted molar refractivity (Wildman–Crippen MR) is 63.0 cm³/mol. The molecule has 0 spiro atoms. The average Bonchev–Trinajstić information content (AvgIpc) is 2.68. The van der Waals surface area contributed by atoms with Gasteiger partial charge in [0.25, 0.3) is 0 Å². The second-order valence-corrected chi connectivity index (χ2v) is 4.22. The maximum Gasteiger partial charge on any atom is 0.131 e. The zero-order valence-electron chi connectivity index (χ0n) is 9.89. The van der Waals surface area contributed by atoms with Gasteiger partial charge in [0.05, 0.1) is 12.3 Å². The Morgan fingerprint density at radius 1 is 1.47 bits per heavy atom. The van der Waals surface area contributed by atoms with Crippen LogP contribution in [0.5, 0.6) is 0 Å². The molecule has 1 aromatic heterocycles. The van der Waals surface area contributed by atoms with Crippen LogP contribution in [0.15, 0.2) is 30.6 Å². The van der Waals surface area contributed by atoms with Crippen LogP contribution in [0.1, 0.15) is 22.8 Å². The molecule has 2 rings (SSSR count). The van der Waals surface area contributed by atoms with Crippen molar-refractivity contribution in [2.45, 2.75) is 19.4 Å². The number of hydrogen-bond donors (Lipinski definition) is 1. The van der Waals surface area contributed by atoms with E-state index in [1.54, 1.807) is 36.0 Å². The van der Waals surface area contributed by atoms with Crippen LogP contribution >= 0.6 is 0 Å². The lowest BCUT2D eigenvalue weighted by Gasteiger charge is -2.12. The van der Waals surface area contributed by atoms with E-state index in [2.05, 4.69) is 5.10 Å². The molecule has 90 valence electrons. The highest BCUT2D eigenvalue weighted by molar-refractivity contribution is 5.27. The second kappa shape index (κ2) is 4.67. The molecule has 0 saturated heterocycles. The maximum absolute atomic E-state index is 13.8. The van der Waals surface area contributed by atoms with E-state index in [1.165, 1.54) is 0 Å². The molecule has 4 heteroatoms. The van der Waals surface area contributed by atoms with Gasteiger partial charge in [-0.2, -0.15) is 5.10 Å². The topological polar surface area (TPSA) is 38.1 Å². The first kappa shape index (κ1) is 11.8. The lowest BCUT2D eigenvalue weighted by molar-refractivity contribution is 0.173. The standard InChI is InChI=1S/C13H15FN2O/c1-9-4-3-5-11(13(9)14)12(17)6-10-7-15-16(2)8-10/h3-5,7-8,12,17H,6H2,1-2H3. The number of aryl methyl sites for hydroxylation is 2. The predicted octanol–water partition coefficient (Wildman–Crippen LogP) is 2.14. The van der Waals surface area contributed by atoms with E-state index in [1.807, 2.05) is 13.2 Å². The highest BCUT2D eigenvalue weighted by Crippen LogP contribution is 2.22. The van der Waals surface area contributed by atoms with Gasteiger partial charge in [-0.25, -0.2) is 4.39 Å². The summed E-state index contributed by atoms with van der Waals surface area (Å²) in [5.74, 6) is -0.330. The summed E-state index contributed by atoms with van der Waals surface area (Å²) in [4.78, 5) is 0. The quantitative estimate of drug-likeness (QED) is 0.883. The lowest BCUT2D eigenvalue weighted by Crippen LogP contribution is -2.05. The van der Waals surface area contributed by atoms with Gasteiger partial charge >= 0.3 is 0 Å². The van der Waals surface area contributed by atoms with Crippen molar-refractivity contribution in [1.82, 2.24) is 9.78 Å². The Hall–Kier alpha value is -1.68. The average molecular weight is 234 g/mol. The molecule has 17 heavy (non-hydrogen) atoms.